The van der Waals surface area contributed by atoms with Crippen LogP contribution in [0.3, 0.4) is 0 Å². The predicted molar refractivity (Wildman–Crippen MR) is 154 cm³/mol. The number of thioether (sulfide) groups is 1. The topological polar surface area (TPSA) is 106 Å². The van der Waals surface area contributed by atoms with Gasteiger partial charge in [0.25, 0.3) is 5.91 Å². The molecular weight excluding hydrogens is 576 g/mol. The molecule has 2 aromatic carbocycles. The van der Waals surface area contributed by atoms with Crippen molar-refractivity contribution in [2.24, 2.45) is 0 Å². The molecular formula is C27H23ClN4O4S3. The normalized spacial score (nSPS) is 15.3. The van der Waals surface area contributed by atoms with Gasteiger partial charge in [-0.2, -0.15) is 0 Å². The zero-order chi connectivity index (χ0) is 27.7. The van der Waals surface area contributed by atoms with E-state index in [2.05, 4.69) is 15.2 Å². The summed E-state index contributed by atoms with van der Waals surface area (Å²) in [5.74, 6) is -0.536. The third kappa shape index (κ3) is 5.44. The molecule has 200 valence electrons. The third-order valence-corrected chi connectivity index (χ3v) is 9.53. The van der Waals surface area contributed by atoms with Gasteiger partial charge in [0.1, 0.15) is 5.75 Å². The average molecular weight is 599 g/mol. The SMILES string of the molecule is CCOc1ccc(C2C(C(=O)c3sc(C)nc3C)=C(O)C(=O)N2c2nnc(SCc3ccccc3Cl)s2)cc1. The molecule has 12 heteroatoms. The number of Topliss-reactive ketones (excluding diaryl/α,β-unsaturated/α-hetero) is 1. The van der Waals surface area contributed by atoms with Crippen LogP contribution < -0.4 is 9.64 Å². The summed E-state index contributed by atoms with van der Waals surface area (Å²) in [7, 11) is 0. The van der Waals surface area contributed by atoms with E-state index in [0.717, 1.165) is 10.6 Å². The number of aromatic nitrogens is 3. The predicted octanol–water partition coefficient (Wildman–Crippen LogP) is 6.74. The molecule has 1 N–H and O–H groups in total. The molecule has 1 amide bonds. The zero-order valence-electron chi connectivity index (χ0n) is 21.2. The third-order valence-electron chi connectivity index (χ3n) is 5.98. The summed E-state index contributed by atoms with van der Waals surface area (Å²) in [5.41, 5.74) is 2.11. The number of hydrogen-bond donors (Lipinski definition) is 1. The summed E-state index contributed by atoms with van der Waals surface area (Å²) in [6.07, 6.45) is 0. The maximum Gasteiger partial charge on any atom is 0.296 e. The Morgan fingerprint density at radius 2 is 1.87 bits per heavy atom. The quantitative estimate of drug-likeness (QED) is 0.128. The molecule has 1 atom stereocenters. The molecule has 1 unspecified atom stereocenters. The van der Waals surface area contributed by atoms with Crippen LogP contribution in [-0.4, -0.2) is 38.6 Å². The Morgan fingerprint density at radius 1 is 1.13 bits per heavy atom. The van der Waals surface area contributed by atoms with Gasteiger partial charge in [-0.15, -0.1) is 21.5 Å². The minimum absolute atomic E-state index is 0.0172. The highest BCUT2D eigenvalue weighted by Gasteiger charge is 2.46. The number of benzene rings is 2. The van der Waals surface area contributed by atoms with E-state index in [9.17, 15) is 14.7 Å². The van der Waals surface area contributed by atoms with Crippen molar-refractivity contribution in [3.8, 4) is 5.75 Å². The van der Waals surface area contributed by atoms with Gasteiger partial charge in [-0.1, -0.05) is 65.0 Å². The maximum absolute atomic E-state index is 13.8. The van der Waals surface area contributed by atoms with E-state index in [4.69, 9.17) is 16.3 Å². The molecule has 1 aliphatic rings. The molecule has 2 aromatic heterocycles. The average Bonchev–Trinajstić information content (AvgIpc) is 3.59. The summed E-state index contributed by atoms with van der Waals surface area (Å²) in [6.45, 7) is 5.93. The number of halogens is 1. The summed E-state index contributed by atoms with van der Waals surface area (Å²) in [6, 6.07) is 13.7. The summed E-state index contributed by atoms with van der Waals surface area (Å²) >= 11 is 10.2. The first-order chi connectivity index (χ1) is 18.8. The van der Waals surface area contributed by atoms with E-state index in [1.807, 2.05) is 38.1 Å². The van der Waals surface area contributed by atoms with E-state index in [1.54, 1.807) is 31.2 Å². The van der Waals surface area contributed by atoms with Crippen molar-refractivity contribution in [2.75, 3.05) is 11.5 Å². The van der Waals surface area contributed by atoms with Gasteiger partial charge >= 0.3 is 0 Å². The van der Waals surface area contributed by atoms with Crippen molar-refractivity contribution in [1.29, 1.82) is 0 Å². The van der Waals surface area contributed by atoms with Gasteiger partial charge in [-0.3, -0.25) is 14.5 Å². The van der Waals surface area contributed by atoms with E-state index >= 15 is 0 Å². The number of aryl methyl sites for hydroxylation is 2. The van der Waals surface area contributed by atoms with Gasteiger partial charge in [-0.05, 0) is 50.1 Å². The molecule has 5 rings (SSSR count). The van der Waals surface area contributed by atoms with E-state index in [0.29, 0.717) is 43.6 Å². The van der Waals surface area contributed by atoms with Crippen molar-refractivity contribution in [1.82, 2.24) is 15.2 Å². The number of carbonyl (C=O) groups excluding carboxylic acids is 2. The standard InChI is InChI=1S/C27H23ClN4O4S3/c1-4-36-18-11-9-16(10-12-18)21-20(22(33)24-14(2)29-15(3)38-24)23(34)25(35)32(21)26-30-31-27(39-26)37-13-17-7-5-6-8-19(17)28/h5-12,21,34H,4,13H2,1-3H3. The molecule has 0 fully saturated rings. The Bertz CT molecular complexity index is 1580. The van der Waals surface area contributed by atoms with Gasteiger partial charge in [0, 0.05) is 10.8 Å². The highest BCUT2D eigenvalue weighted by Crippen LogP contribution is 2.45. The largest absolute Gasteiger partial charge is 0.503 e. The number of nitrogens with zero attached hydrogens (tertiary/aromatic N) is 4. The Labute approximate surface area is 242 Å². The Balaban J connectivity index is 1.51. The second-order valence-electron chi connectivity index (χ2n) is 8.55. The first-order valence-electron chi connectivity index (χ1n) is 12.0. The highest BCUT2D eigenvalue weighted by atomic mass is 35.5. The lowest BCUT2D eigenvalue weighted by molar-refractivity contribution is -0.117. The van der Waals surface area contributed by atoms with Crippen molar-refractivity contribution >= 4 is 62.9 Å². The van der Waals surface area contributed by atoms with Crippen LogP contribution in [0.25, 0.3) is 0 Å². The molecule has 3 heterocycles. The van der Waals surface area contributed by atoms with Crippen molar-refractivity contribution in [3.63, 3.8) is 0 Å². The fourth-order valence-corrected chi connectivity index (χ4v) is 7.27. The number of ketones is 1. The Hall–Kier alpha value is -3.25. The Kier molecular flexibility index (Phi) is 8.03. The van der Waals surface area contributed by atoms with Crippen LogP contribution in [0.2, 0.25) is 5.02 Å². The van der Waals surface area contributed by atoms with Gasteiger partial charge in [0.15, 0.2) is 10.1 Å². The fraction of sp³-hybridized carbons (Fsp3) is 0.222. The second-order valence-corrected chi connectivity index (χ2v) is 12.3. The van der Waals surface area contributed by atoms with Crippen LogP contribution >= 0.6 is 46.0 Å². The van der Waals surface area contributed by atoms with Crippen LogP contribution in [0.5, 0.6) is 5.75 Å². The second kappa shape index (κ2) is 11.5. The zero-order valence-corrected chi connectivity index (χ0v) is 24.4. The van der Waals surface area contributed by atoms with Crippen LogP contribution in [0.15, 0.2) is 64.2 Å². The number of carbonyl (C=O) groups is 2. The van der Waals surface area contributed by atoms with Crippen LogP contribution in [-0.2, 0) is 10.5 Å². The number of aliphatic hydroxyl groups is 1. The van der Waals surface area contributed by atoms with E-state index in [-0.39, 0.29) is 10.7 Å². The molecule has 0 spiro atoms. The summed E-state index contributed by atoms with van der Waals surface area (Å²) in [4.78, 5) is 33.3. The van der Waals surface area contributed by atoms with Gasteiger partial charge in [0.2, 0.25) is 10.9 Å². The van der Waals surface area contributed by atoms with Gasteiger partial charge < -0.3 is 9.84 Å². The van der Waals surface area contributed by atoms with E-state index < -0.39 is 23.5 Å². The lowest BCUT2D eigenvalue weighted by atomic mass is 9.95. The fourth-order valence-electron chi connectivity index (χ4n) is 4.24. The number of thiazole rings is 1. The summed E-state index contributed by atoms with van der Waals surface area (Å²) < 4.78 is 6.19. The molecule has 0 saturated carbocycles. The maximum atomic E-state index is 13.8. The minimum atomic E-state index is -0.906. The molecule has 8 nitrogen and oxygen atoms in total. The molecule has 0 bridgehead atoms. The monoisotopic (exact) mass is 598 g/mol. The minimum Gasteiger partial charge on any atom is -0.503 e. The van der Waals surface area contributed by atoms with Crippen molar-refractivity contribution in [2.45, 2.75) is 36.9 Å². The number of amides is 1. The smallest absolute Gasteiger partial charge is 0.296 e. The molecule has 0 saturated heterocycles. The van der Waals surface area contributed by atoms with Crippen LogP contribution in [0, 0.1) is 13.8 Å². The number of rotatable bonds is 9. The summed E-state index contributed by atoms with van der Waals surface area (Å²) in [5, 5.41) is 21.2. The van der Waals surface area contributed by atoms with Gasteiger partial charge in [0.05, 0.1) is 33.8 Å². The number of ether oxygens (including phenoxy) is 1. The number of anilines is 1. The van der Waals surface area contributed by atoms with Crippen LogP contribution in [0.4, 0.5) is 5.13 Å². The molecule has 1 aliphatic heterocycles. The highest BCUT2D eigenvalue weighted by molar-refractivity contribution is 8.00. The number of hydrogen-bond acceptors (Lipinski definition) is 10. The van der Waals surface area contributed by atoms with Gasteiger partial charge in [-0.25, -0.2) is 4.98 Å². The Morgan fingerprint density at radius 3 is 2.54 bits per heavy atom. The lowest BCUT2D eigenvalue weighted by Gasteiger charge is -2.24. The van der Waals surface area contributed by atoms with E-state index in [1.165, 1.54) is 39.3 Å². The molecule has 0 radical (unpaired) electrons. The first-order valence-corrected chi connectivity index (χ1v) is 15.0. The molecule has 4 aromatic rings. The first kappa shape index (κ1) is 27.3. The number of aliphatic hydroxyl groups excluding tert-OH is 1. The van der Waals surface area contributed by atoms with Crippen molar-refractivity contribution in [3.05, 3.63) is 91.6 Å². The molecule has 39 heavy (non-hydrogen) atoms. The molecule has 0 aliphatic carbocycles. The van der Waals surface area contributed by atoms with Crippen LogP contribution in [0.1, 0.15) is 44.5 Å². The van der Waals surface area contributed by atoms with Crippen molar-refractivity contribution < 1.29 is 19.4 Å². The lowest BCUT2D eigenvalue weighted by Crippen LogP contribution is -2.31.